The van der Waals surface area contributed by atoms with Gasteiger partial charge in [0.15, 0.2) is 0 Å². The molecule has 2 aromatic heterocycles. The highest BCUT2D eigenvalue weighted by atomic mass is 15.2. The predicted octanol–water partition coefficient (Wildman–Crippen LogP) is 3.91. The van der Waals surface area contributed by atoms with Crippen LogP contribution in [0.2, 0.25) is 0 Å². The number of hydrogen-bond acceptors (Lipinski definition) is 6. The van der Waals surface area contributed by atoms with Crippen molar-refractivity contribution in [3.8, 4) is 0 Å². The molecule has 30 heavy (non-hydrogen) atoms. The molecule has 0 unspecified atom stereocenters. The summed E-state index contributed by atoms with van der Waals surface area (Å²) >= 11 is 0. The number of benzene rings is 2. The second-order valence-corrected chi connectivity index (χ2v) is 7.24. The fraction of sp³-hybridized carbons (Fsp3) is 0.348. The van der Waals surface area contributed by atoms with E-state index in [1.54, 1.807) is 0 Å². The molecule has 3 N–H and O–H groups in total. The summed E-state index contributed by atoms with van der Waals surface area (Å²) in [6, 6.07) is 16.2. The molecule has 4 aromatic rings. The number of rotatable bonds is 10. The van der Waals surface area contributed by atoms with Crippen LogP contribution in [0.25, 0.3) is 21.9 Å². The molecule has 2 aromatic carbocycles. The van der Waals surface area contributed by atoms with E-state index in [-0.39, 0.29) is 0 Å². The van der Waals surface area contributed by atoms with Crippen LogP contribution in [0, 0.1) is 0 Å². The first-order valence-corrected chi connectivity index (χ1v) is 10.7. The third-order valence-corrected chi connectivity index (χ3v) is 5.30. The zero-order valence-electron chi connectivity index (χ0n) is 17.7. The van der Waals surface area contributed by atoms with Gasteiger partial charge in [-0.25, -0.2) is 9.97 Å². The molecule has 0 radical (unpaired) electrons. The van der Waals surface area contributed by atoms with Crippen LogP contribution in [0.3, 0.4) is 0 Å². The van der Waals surface area contributed by atoms with Crippen molar-refractivity contribution in [3.05, 3.63) is 54.4 Å². The second kappa shape index (κ2) is 9.54. The lowest BCUT2D eigenvalue weighted by Crippen LogP contribution is -2.28. The van der Waals surface area contributed by atoms with Gasteiger partial charge in [-0.1, -0.05) is 38.1 Å². The standard InChI is InChI=1S/C23H29N7/c1-3-30(4-2)16-15-24-22-17-9-5-6-10-18(17)28-23(29-22)25-14-13-21-26-19-11-7-8-12-20(19)27-21/h5-12H,3-4,13-16H2,1-2H3,(H,26,27)(H2,24,25,28,29). The largest absolute Gasteiger partial charge is 0.368 e. The van der Waals surface area contributed by atoms with Crippen molar-refractivity contribution in [1.29, 1.82) is 0 Å². The first kappa shape index (κ1) is 20.1. The van der Waals surface area contributed by atoms with Gasteiger partial charge in [0.05, 0.1) is 16.6 Å². The first-order valence-electron chi connectivity index (χ1n) is 10.7. The highest BCUT2D eigenvalue weighted by Gasteiger charge is 2.08. The van der Waals surface area contributed by atoms with Gasteiger partial charge < -0.3 is 20.5 Å². The quantitative estimate of drug-likeness (QED) is 0.372. The van der Waals surface area contributed by atoms with Crippen LogP contribution in [0.5, 0.6) is 0 Å². The number of fused-ring (bicyclic) bond motifs is 2. The van der Waals surface area contributed by atoms with Gasteiger partial charge in [-0.05, 0) is 37.4 Å². The van der Waals surface area contributed by atoms with Crippen LogP contribution in [-0.2, 0) is 6.42 Å². The Morgan fingerprint density at radius 2 is 1.60 bits per heavy atom. The molecule has 0 spiro atoms. The van der Waals surface area contributed by atoms with E-state index in [1.807, 2.05) is 42.5 Å². The molecule has 4 rings (SSSR count). The minimum Gasteiger partial charge on any atom is -0.368 e. The maximum atomic E-state index is 4.74. The van der Waals surface area contributed by atoms with Gasteiger partial charge in [-0.2, -0.15) is 4.98 Å². The number of H-pyrrole nitrogens is 1. The number of nitrogens with zero attached hydrogens (tertiary/aromatic N) is 4. The molecular formula is C23H29N7. The summed E-state index contributed by atoms with van der Waals surface area (Å²) < 4.78 is 0. The van der Waals surface area contributed by atoms with E-state index in [4.69, 9.17) is 4.98 Å². The van der Waals surface area contributed by atoms with Crippen LogP contribution < -0.4 is 10.6 Å². The number of aromatic nitrogens is 4. The molecule has 7 heteroatoms. The van der Waals surface area contributed by atoms with E-state index >= 15 is 0 Å². The van der Waals surface area contributed by atoms with Crippen molar-refractivity contribution >= 4 is 33.7 Å². The van der Waals surface area contributed by atoms with Crippen molar-refractivity contribution < 1.29 is 0 Å². The lowest BCUT2D eigenvalue weighted by Gasteiger charge is -2.18. The number of nitrogens with one attached hydrogen (secondary N) is 3. The topological polar surface area (TPSA) is 81.8 Å². The van der Waals surface area contributed by atoms with E-state index in [2.05, 4.69) is 50.4 Å². The Bertz CT molecular complexity index is 1070. The Morgan fingerprint density at radius 1 is 0.833 bits per heavy atom. The van der Waals surface area contributed by atoms with Crippen LogP contribution in [0.1, 0.15) is 19.7 Å². The molecule has 0 fully saturated rings. The molecule has 0 aliphatic heterocycles. The molecule has 0 saturated carbocycles. The van der Waals surface area contributed by atoms with E-state index in [0.717, 1.165) is 66.2 Å². The van der Waals surface area contributed by atoms with Gasteiger partial charge in [-0.15, -0.1) is 0 Å². The number of aromatic amines is 1. The number of likely N-dealkylation sites (N-methyl/N-ethyl adjacent to an activating group) is 1. The molecule has 156 valence electrons. The zero-order chi connectivity index (χ0) is 20.8. The molecular weight excluding hydrogens is 374 g/mol. The molecule has 0 bridgehead atoms. The van der Waals surface area contributed by atoms with Gasteiger partial charge >= 0.3 is 0 Å². The minimum absolute atomic E-state index is 0.634. The Kier molecular flexibility index (Phi) is 6.39. The van der Waals surface area contributed by atoms with Gasteiger partial charge in [0.1, 0.15) is 11.6 Å². The molecule has 0 aliphatic carbocycles. The minimum atomic E-state index is 0.634. The fourth-order valence-corrected chi connectivity index (χ4v) is 3.58. The van der Waals surface area contributed by atoms with Crippen molar-refractivity contribution in [2.75, 3.05) is 43.4 Å². The van der Waals surface area contributed by atoms with Gasteiger partial charge in [0.2, 0.25) is 5.95 Å². The average Bonchev–Trinajstić information content (AvgIpc) is 3.19. The summed E-state index contributed by atoms with van der Waals surface area (Å²) in [5, 5.41) is 7.90. The van der Waals surface area contributed by atoms with E-state index in [1.165, 1.54) is 0 Å². The van der Waals surface area contributed by atoms with Crippen LogP contribution in [0.15, 0.2) is 48.5 Å². The summed E-state index contributed by atoms with van der Waals surface area (Å²) in [6.45, 7) is 9.02. The van der Waals surface area contributed by atoms with Crippen LogP contribution >= 0.6 is 0 Å². The lowest BCUT2D eigenvalue weighted by molar-refractivity contribution is 0.316. The summed E-state index contributed by atoms with van der Waals surface area (Å²) in [6.07, 6.45) is 0.773. The predicted molar refractivity (Wildman–Crippen MR) is 124 cm³/mol. The normalized spacial score (nSPS) is 11.4. The van der Waals surface area contributed by atoms with Crippen LogP contribution in [0.4, 0.5) is 11.8 Å². The number of para-hydroxylation sites is 3. The smallest absolute Gasteiger partial charge is 0.225 e. The molecule has 0 saturated heterocycles. The van der Waals surface area contributed by atoms with Crippen molar-refractivity contribution in [1.82, 2.24) is 24.8 Å². The third-order valence-electron chi connectivity index (χ3n) is 5.30. The maximum Gasteiger partial charge on any atom is 0.225 e. The fourth-order valence-electron chi connectivity index (χ4n) is 3.58. The molecule has 0 aliphatic rings. The van der Waals surface area contributed by atoms with Gasteiger partial charge in [0, 0.05) is 31.4 Å². The number of anilines is 2. The van der Waals surface area contributed by atoms with Crippen LogP contribution in [-0.4, -0.2) is 57.6 Å². The average molecular weight is 404 g/mol. The van der Waals surface area contributed by atoms with Gasteiger partial charge in [-0.3, -0.25) is 0 Å². The Hall–Kier alpha value is -3.19. The summed E-state index contributed by atoms with van der Waals surface area (Å²) in [4.78, 5) is 19.8. The summed E-state index contributed by atoms with van der Waals surface area (Å²) in [5.74, 6) is 2.47. The Labute approximate surface area is 176 Å². The SMILES string of the molecule is CCN(CC)CCNc1nc(NCCc2nc3ccccc3[nH]2)nc2ccccc12. The molecule has 2 heterocycles. The monoisotopic (exact) mass is 403 g/mol. The Balaban J connectivity index is 1.44. The number of hydrogen-bond donors (Lipinski definition) is 3. The highest BCUT2D eigenvalue weighted by molar-refractivity contribution is 5.90. The molecule has 7 nitrogen and oxygen atoms in total. The van der Waals surface area contributed by atoms with E-state index in [9.17, 15) is 0 Å². The number of imidazole rings is 1. The van der Waals surface area contributed by atoms with Crippen molar-refractivity contribution in [3.63, 3.8) is 0 Å². The summed E-state index contributed by atoms with van der Waals surface area (Å²) in [7, 11) is 0. The highest BCUT2D eigenvalue weighted by Crippen LogP contribution is 2.21. The van der Waals surface area contributed by atoms with Crippen molar-refractivity contribution in [2.24, 2.45) is 0 Å². The maximum absolute atomic E-state index is 4.74. The molecule has 0 amide bonds. The van der Waals surface area contributed by atoms with Crippen molar-refractivity contribution in [2.45, 2.75) is 20.3 Å². The molecule has 0 atom stereocenters. The second-order valence-electron chi connectivity index (χ2n) is 7.24. The first-order chi connectivity index (χ1) is 14.8. The summed E-state index contributed by atoms with van der Waals surface area (Å²) in [5.41, 5.74) is 2.99. The lowest BCUT2D eigenvalue weighted by atomic mass is 10.2. The van der Waals surface area contributed by atoms with E-state index in [0.29, 0.717) is 12.5 Å². The van der Waals surface area contributed by atoms with E-state index < -0.39 is 0 Å². The third kappa shape index (κ3) is 4.68. The Morgan fingerprint density at radius 3 is 2.40 bits per heavy atom. The zero-order valence-corrected chi connectivity index (χ0v) is 17.7. The van der Waals surface area contributed by atoms with Gasteiger partial charge in [0.25, 0.3) is 0 Å².